The second kappa shape index (κ2) is 5.74. The summed E-state index contributed by atoms with van der Waals surface area (Å²) in [6.45, 7) is 1.67. The maximum atomic E-state index is 13.2. The number of sulfonamides is 1. The lowest BCUT2D eigenvalue weighted by Crippen LogP contribution is -2.16. The number of thiocarbonyl (C=S) groups is 1. The SMILES string of the molecule is Cc1ccc(F)cc1NS(=O)(=O)c1ccc(C(N)=S)nc1. The molecule has 1 aromatic carbocycles. The molecule has 0 amide bonds. The van der Waals surface area contributed by atoms with Gasteiger partial charge < -0.3 is 5.73 Å². The Morgan fingerprint density at radius 3 is 2.62 bits per heavy atom. The maximum Gasteiger partial charge on any atom is 0.263 e. The molecule has 110 valence electrons. The summed E-state index contributed by atoms with van der Waals surface area (Å²) in [5.74, 6) is -0.528. The number of pyridine rings is 1. The van der Waals surface area contributed by atoms with Crippen LogP contribution in [0.2, 0.25) is 0 Å². The van der Waals surface area contributed by atoms with E-state index in [4.69, 9.17) is 18.0 Å². The fourth-order valence-corrected chi connectivity index (χ4v) is 2.78. The molecule has 0 atom stereocenters. The van der Waals surface area contributed by atoms with Crippen LogP contribution in [0.3, 0.4) is 0 Å². The summed E-state index contributed by atoms with van der Waals surface area (Å²) in [5, 5.41) is 0. The molecule has 2 aromatic rings. The molecule has 0 radical (unpaired) electrons. The molecule has 1 heterocycles. The Kier molecular flexibility index (Phi) is 4.19. The van der Waals surface area contributed by atoms with Crippen molar-refractivity contribution in [3.8, 4) is 0 Å². The number of hydrogen-bond acceptors (Lipinski definition) is 4. The summed E-state index contributed by atoms with van der Waals surface area (Å²) < 4.78 is 39.9. The Morgan fingerprint density at radius 1 is 1.33 bits per heavy atom. The van der Waals surface area contributed by atoms with Gasteiger partial charge in [-0.2, -0.15) is 0 Å². The average molecular weight is 325 g/mol. The van der Waals surface area contributed by atoms with Crippen molar-refractivity contribution < 1.29 is 12.8 Å². The van der Waals surface area contributed by atoms with Crippen molar-refractivity contribution in [2.75, 3.05) is 4.72 Å². The van der Waals surface area contributed by atoms with E-state index < -0.39 is 15.8 Å². The molecule has 0 aliphatic rings. The van der Waals surface area contributed by atoms with Crippen molar-refractivity contribution >= 4 is 32.9 Å². The van der Waals surface area contributed by atoms with Crippen molar-refractivity contribution in [1.29, 1.82) is 0 Å². The highest BCUT2D eigenvalue weighted by atomic mass is 32.2. The Bertz CT molecular complexity index is 790. The lowest BCUT2D eigenvalue weighted by Gasteiger charge is -2.10. The first-order chi connectivity index (χ1) is 9.79. The zero-order valence-corrected chi connectivity index (χ0v) is 12.6. The molecule has 8 heteroatoms. The average Bonchev–Trinajstić information content (AvgIpc) is 2.43. The number of aryl methyl sites for hydroxylation is 1. The van der Waals surface area contributed by atoms with Crippen molar-refractivity contribution in [2.45, 2.75) is 11.8 Å². The summed E-state index contributed by atoms with van der Waals surface area (Å²) in [7, 11) is -3.86. The minimum Gasteiger partial charge on any atom is -0.388 e. The molecule has 5 nitrogen and oxygen atoms in total. The van der Waals surface area contributed by atoms with Crippen LogP contribution < -0.4 is 10.5 Å². The summed E-state index contributed by atoms with van der Waals surface area (Å²) in [6.07, 6.45) is 1.14. The van der Waals surface area contributed by atoms with Crippen molar-refractivity contribution in [1.82, 2.24) is 4.98 Å². The van der Waals surface area contributed by atoms with E-state index in [1.807, 2.05) is 0 Å². The van der Waals surface area contributed by atoms with Crippen LogP contribution in [0.15, 0.2) is 41.4 Å². The number of halogens is 1. The van der Waals surface area contributed by atoms with Crippen LogP contribution in [0.25, 0.3) is 0 Å². The number of nitrogens with two attached hydrogens (primary N) is 1. The third kappa shape index (κ3) is 3.53. The topological polar surface area (TPSA) is 85.1 Å². The third-order valence-electron chi connectivity index (χ3n) is 2.74. The zero-order chi connectivity index (χ0) is 15.6. The smallest absolute Gasteiger partial charge is 0.263 e. The molecule has 2 rings (SSSR count). The Hall–Kier alpha value is -2.06. The van der Waals surface area contributed by atoms with Gasteiger partial charge in [0.1, 0.15) is 15.7 Å². The third-order valence-corrected chi connectivity index (χ3v) is 4.30. The van der Waals surface area contributed by atoms with Crippen molar-refractivity contribution in [2.24, 2.45) is 5.73 Å². The predicted molar refractivity (Wildman–Crippen MR) is 82.1 cm³/mol. The molecule has 0 spiro atoms. The van der Waals surface area contributed by atoms with Gasteiger partial charge in [-0.25, -0.2) is 12.8 Å². The van der Waals surface area contributed by atoms with Crippen LogP contribution in [0.5, 0.6) is 0 Å². The fourth-order valence-electron chi connectivity index (χ4n) is 1.59. The van der Waals surface area contributed by atoms with Gasteiger partial charge in [0.25, 0.3) is 10.0 Å². The summed E-state index contributed by atoms with van der Waals surface area (Å²) in [5.41, 5.74) is 6.50. The Morgan fingerprint density at radius 2 is 2.05 bits per heavy atom. The van der Waals surface area contributed by atoms with Gasteiger partial charge in [-0.15, -0.1) is 0 Å². The number of nitrogens with zero attached hydrogens (tertiary/aromatic N) is 1. The molecular weight excluding hydrogens is 313 g/mol. The van der Waals surface area contributed by atoms with E-state index >= 15 is 0 Å². The normalized spacial score (nSPS) is 11.1. The lowest BCUT2D eigenvalue weighted by atomic mass is 10.2. The number of rotatable bonds is 4. The van der Waals surface area contributed by atoms with Crippen LogP contribution in [0.4, 0.5) is 10.1 Å². The molecule has 0 aliphatic carbocycles. The summed E-state index contributed by atoms with van der Waals surface area (Å²) in [6, 6.07) is 6.60. The lowest BCUT2D eigenvalue weighted by molar-refractivity contribution is 0.600. The van der Waals surface area contributed by atoms with Gasteiger partial charge in [0, 0.05) is 6.20 Å². The predicted octanol–water partition coefficient (Wildman–Crippen LogP) is 1.96. The number of anilines is 1. The second-order valence-electron chi connectivity index (χ2n) is 4.31. The zero-order valence-electron chi connectivity index (χ0n) is 11.0. The minimum absolute atomic E-state index is 0.0637. The highest BCUT2D eigenvalue weighted by Crippen LogP contribution is 2.20. The molecule has 0 unspecified atom stereocenters. The molecule has 0 saturated carbocycles. The van der Waals surface area contributed by atoms with Gasteiger partial charge >= 0.3 is 0 Å². The van der Waals surface area contributed by atoms with Crippen LogP contribution >= 0.6 is 12.2 Å². The number of nitrogens with one attached hydrogen (secondary N) is 1. The quantitative estimate of drug-likeness (QED) is 0.840. The minimum atomic E-state index is -3.86. The van der Waals surface area contributed by atoms with E-state index in [0.29, 0.717) is 11.3 Å². The molecule has 21 heavy (non-hydrogen) atoms. The van der Waals surface area contributed by atoms with E-state index in [1.165, 1.54) is 24.3 Å². The first-order valence-corrected chi connectivity index (χ1v) is 7.73. The number of benzene rings is 1. The molecule has 0 bridgehead atoms. The molecule has 0 fully saturated rings. The van der Waals surface area contributed by atoms with Gasteiger partial charge in [0.15, 0.2) is 0 Å². The van der Waals surface area contributed by atoms with Crippen LogP contribution in [0, 0.1) is 12.7 Å². The monoisotopic (exact) mass is 325 g/mol. The summed E-state index contributed by atoms with van der Waals surface area (Å²) in [4.78, 5) is 3.88. The molecule has 0 aliphatic heterocycles. The Balaban J connectivity index is 2.34. The fraction of sp³-hybridized carbons (Fsp3) is 0.0769. The van der Waals surface area contributed by atoms with Crippen LogP contribution in [0.1, 0.15) is 11.3 Å². The van der Waals surface area contributed by atoms with E-state index in [1.54, 1.807) is 6.92 Å². The van der Waals surface area contributed by atoms with Gasteiger partial charge in [-0.3, -0.25) is 9.71 Å². The highest BCUT2D eigenvalue weighted by Gasteiger charge is 2.16. The van der Waals surface area contributed by atoms with Crippen molar-refractivity contribution in [3.63, 3.8) is 0 Å². The molecule has 0 saturated heterocycles. The van der Waals surface area contributed by atoms with E-state index in [9.17, 15) is 12.8 Å². The first kappa shape index (κ1) is 15.3. The van der Waals surface area contributed by atoms with Gasteiger partial charge in [-0.1, -0.05) is 18.3 Å². The molecule has 3 N–H and O–H groups in total. The van der Waals surface area contributed by atoms with E-state index in [0.717, 1.165) is 12.3 Å². The number of hydrogen-bond donors (Lipinski definition) is 2. The standard InChI is InChI=1S/C13H12FN3O2S2/c1-8-2-3-9(14)6-12(8)17-21(18,19)10-4-5-11(13(15)20)16-7-10/h2-7,17H,1H3,(H2,15,20). The van der Waals surface area contributed by atoms with E-state index in [2.05, 4.69) is 9.71 Å². The van der Waals surface area contributed by atoms with Gasteiger partial charge in [0.05, 0.1) is 11.4 Å². The van der Waals surface area contributed by atoms with Crippen molar-refractivity contribution in [3.05, 3.63) is 53.6 Å². The second-order valence-corrected chi connectivity index (χ2v) is 6.43. The van der Waals surface area contributed by atoms with E-state index in [-0.39, 0.29) is 15.6 Å². The molecular formula is C13H12FN3O2S2. The largest absolute Gasteiger partial charge is 0.388 e. The maximum absolute atomic E-state index is 13.2. The Labute approximate surface area is 127 Å². The van der Waals surface area contributed by atoms with Crippen LogP contribution in [-0.4, -0.2) is 18.4 Å². The molecule has 1 aromatic heterocycles. The van der Waals surface area contributed by atoms with Crippen LogP contribution in [-0.2, 0) is 10.0 Å². The van der Waals surface area contributed by atoms with Gasteiger partial charge in [-0.05, 0) is 36.8 Å². The summed E-state index contributed by atoms with van der Waals surface area (Å²) >= 11 is 4.74. The number of aromatic nitrogens is 1. The highest BCUT2D eigenvalue weighted by molar-refractivity contribution is 7.92. The first-order valence-electron chi connectivity index (χ1n) is 5.84. The van der Waals surface area contributed by atoms with Gasteiger partial charge in [0.2, 0.25) is 0 Å².